The van der Waals surface area contributed by atoms with Crippen LogP contribution in [0.15, 0.2) is 73.8 Å². The van der Waals surface area contributed by atoms with E-state index in [4.69, 9.17) is 0 Å². The van der Waals surface area contributed by atoms with E-state index in [9.17, 15) is 0 Å². The van der Waals surface area contributed by atoms with Gasteiger partial charge in [0.15, 0.2) is 0 Å². The first kappa shape index (κ1) is 16.0. The maximum Gasteiger partial charge on any atom is -0.0100 e. The monoisotopic (exact) mass is 264 g/mol. The number of benzene rings is 2. The second-order valence-corrected chi connectivity index (χ2v) is 4.97. The van der Waals surface area contributed by atoms with Crippen molar-refractivity contribution in [2.24, 2.45) is 0 Å². The summed E-state index contributed by atoms with van der Waals surface area (Å²) < 4.78 is 0. The van der Waals surface area contributed by atoms with Crippen LogP contribution in [0.4, 0.5) is 0 Å². The SMILES string of the molecule is C=CCc1ccccc1.C=Cc1ccccc1C(C)C. The zero-order valence-electron chi connectivity index (χ0n) is 12.5. The Bertz CT molecular complexity index is 521. The van der Waals surface area contributed by atoms with Gasteiger partial charge in [-0.2, -0.15) is 0 Å². The van der Waals surface area contributed by atoms with Crippen molar-refractivity contribution in [2.75, 3.05) is 0 Å². The molecule has 0 amide bonds. The molecule has 2 aromatic carbocycles. The van der Waals surface area contributed by atoms with E-state index >= 15 is 0 Å². The van der Waals surface area contributed by atoms with Crippen LogP contribution in [-0.4, -0.2) is 0 Å². The normalized spacial score (nSPS) is 9.55. The van der Waals surface area contributed by atoms with Crippen LogP contribution in [-0.2, 0) is 6.42 Å². The molecule has 0 N–H and O–H groups in total. The summed E-state index contributed by atoms with van der Waals surface area (Å²) in [6, 6.07) is 18.7. The average Bonchev–Trinajstić information content (AvgIpc) is 2.49. The summed E-state index contributed by atoms with van der Waals surface area (Å²) in [5.41, 5.74) is 3.96. The zero-order chi connectivity index (χ0) is 14.8. The molecule has 0 radical (unpaired) electrons. The highest BCUT2D eigenvalue weighted by Gasteiger charge is 2.00. The Morgan fingerprint density at radius 2 is 1.50 bits per heavy atom. The van der Waals surface area contributed by atoms with Gasteiger partial charge in [-0.15, -0.1) is 6.58 Å². The van der Waals surface area contributed by atoms with Crippen molar-refractivity contribution in [1.82, 2.24) is 0 Å². The smallest absolute Gasteiger partial charge is 0.0100 e. The molecule has 0 unspecified atom stereocenters. The van der Waals surface area contributed by atoms with Crippen LogP contribution in [0.2, 0.25) is 0 Å². The first-order valence-corrected chi connectivity index (χ1v) is 7.05. The maximum atomic E-state index is 3.77. The maximum absolute atomic E-state index is 3.77. The van der Waals surface area contributed by atoms with E-state index in [1.807, 2.05) is 36.4 Å². The molecule has 0 aliphatic carbocycles. The van der Waals surface area contributed by atoms with Gasteiger partial charge in [-0.3, -0.25) is 0 Å². The summed E-state index contributed by atoms with van der Waals surface area (Å²) in [4.78, 5) is 0. The summed E-state index contributed by atoms with van der Waals surface area (Å²) in [6.07, 6.45) is 4.80. The molecule has 20 heavy (non-hydrogen) atoms. The van der Waals surface area contributed by atoms with Gasteiger partial charge >= 0.3 is 0 Å². The summed E-state index contributed by atoms with van der Waals surface area (Å²) in [5.74, 6) is 0.587. The molecule has 0 nitrogen and oxygen atoms in total. The third kappa shape index (κ3) is 5.27. The lowest BCUT2D eigenvalue weighted by Gasteiger charge is -2.08. The van der Waals surface area contributed by atoms with Crippen LogP contribution < -0.4 is 0 Å². The van der Waals surface area contributed by atoms with Crippen molar-refractivity contribution in [1.29, 1.82) is 0 Å². The molecule has 0 aromatic heterocycles. The molecule has 0 atom stereocenters. The van der Waals surface area contributed by atoms with Crippen LogP contribution in [0.1, 0.15) is 36.5 Å². The van der Waals surface area contributed by atoms with Crippen molar-refractivity contribution >= 4 is 6.08 Å². The van der Waals surface area contributed by atoms with Gasteiger partial charge in [0, 0.05) is 0 Å². The van der Waals surface area contributed by atoms with Crippen molar-refractivity contribution in [3.63, 3.8) is 0 Å². The Kier molecular flexibility index (Phi) is 7.13. The molecule has 0 aliphatic heterocycles. The summed E-state index contributed by atoms with van der Waals surface area (Å²) in [6.45, 7) is 11.8. The molecule has 0 aliphatic rings. The van der Waals surface area contributed by atoms with Crippen LogP contribution in [0.3, 0.4) is 0 Å². The van der Waals surface area contributed by atoms with Gasteiger partial charge in [0.25, 0.3) is 0 Å². The van der Waals surface area contributed by atoms with Gasteiger partial charge in [0.2, 0.25) is 0 Å². The van der Waals surface area contributed by atoms with E-state index in [-0.39, 0.29) is 0 Å². The average molecular weight is 264 g/mol. The molecule has 0 bridgehead atoms. The van der Waals surface area contributed by atoms with Gasteiger partial charge in [-0.05, 0) is 29.0 Å². The number of hydrogen-bond donors (Lipinski definition) is 0. The largest absolute Gasteiger partial charge is 0.103 e. The Labute approximate surface area is 123 Å². The molecule has 2 aromatic rings. The predicted molar refractivity (Wildman–Crippen MR) is 91.0 cm³/mol. The Morgan fingerprint density at radius 3 is 2.00 bits per heavy atom. The minimum Gasteiger partial charge on any atom is -0.103 e. The first-order chi connectivity index (χ1) is 9.69. The van der Waals surface area contributed by atoms with E-state index in [0.717, 1.165) is 6.42 Å². The fourth-order valence-electron chi connectivity index (χ4n) is 2.00. The molecule has 104 valence electrons. The standard InChI is InChI=1S/C11H14.C9H10/c1-4-10-7-5-6-8-11(10)9(2)3;1-2-6-9-7-4-3-5-8-9/h4-9H,1H2,2-3H3;2-5,7-8H,1,6H2. The third-order valence-electron chi connectivity index (χ3n) is 3.06. The van der Waals surface area contributed by atoms with Crippen LogP contribution in [0, 0.1) is 0 Å². The number of hydrogen-bond acceptors (Lipinski definition) is 0. The van der Waals surface area contributed by atoms with Crippen LogP contribution >= 0.6 is 0 Å². The molecule has 0 heteroatoms. The molecule has 2 rings (SSSR count). The topological polar surface area (TPSA) is 0 Å². The minimum absolute atomic E-state index is 0.587. The molecule has 0 spiro atoms. The van der Waals surface area contributed by atoms with Gasteiger partial charge in [0.05, 0.1) is 0 Å². The molecule has 0 heterocycles. The van der Waals surface area contributed by atoms with E-state index < -0.39 is 0 Å². The summed E-state index contributed by atoms with van der Waals surface area (Å²) in [7, 11) is 0. The van der Waals surface area contributed by atoms with Gasteiger partial charge in [0.1, 0.15) is 0 Å². The number of rotatable bonds is 4. The van der Waals surface area contributed by atoms with E-state index in [1.54, 1.807) is 0 Å². The predicted octanol–water partition coefficient (Wildman–Crippen LogP) is 5.87. The van der Waals surface area contributed by atoms with Crippen molar-refractivity contribution in [2.45, 2.75) is 26.2 Å². The summed E-state index contributed by atoms with van der Waals surface area (Å²) >= 11 is 0. The highest BCUT2D eigenvalue weighted by Crippen LogP contribution is 2.19. The van der Waals surface area contributed by atoms with Gasteiger partial charge in [-0.1, -0.05) is 87.2 Å². The van der Waals surface area contributed by atoms with Crippen LogP contribution in [0.25, 0.3) is 6.08 Å². The van der Waals surface area contributed by atoms with Crippen molar-refractivity contribution in [3.8, 4) is 0 Å². The lowest BCUT2D eigenvalue weighted by molar-refractivity contribution is 0.864. The minimum atomic E-state index is 0.587. The zero-order valence-corrected chi connectivity index (χ0v) is 12.5. The summed E-state index contributed by atoms with van der Waals surface area (Å²) in [5, 5.41) is 0. The molecule has 0 saturated heterocycles. The Hall–Kier alpha value is -2.08. The molecule has 0 fully saturated rings. The first-order valence-electron chi connectivity index (χ1n) is 7.05. The fraction of sp³-hybridized carbons (Fsp3) is 0.200. The molecule has 0 saturated carbocycles. The van der Waals surface area contributed by atoms with E-state index in [2.05, 4.69) is 57.3 Å². The quantitative estimate of drug-likeness (QED) is 0.606. The van der Waals surface area contributed by atoms with Crippen LogP contribution in [0.5, 0.6) is 0 Å². The molecular weight excluding hydrogens is 240 g/mol. The van der Waals surface area contributed by atoms with E-state index in [0.29, 0.717) is 5.92 Å². The Balaban J connectivity index is 0.000000204. The number of allylic oxidation sites excluding steroid dienone is 1. The van der Waals surface area contributed by atoms with E-state index in [1.165, 1.54) is 16.7 Å². The van der Waals surface area contributed by atoms with Gasteiger partial charge in [-0.25, -0.2) is 0 Å². The second kappa shape index (κ2) is 8.92. The van der Waals surface area contributed by atoms with Crippen molar-refractivity contribution in [3.05, 3.63) is 90.5 Å². The lowest BCUT2D eigenvalue weighted by atomic mass is 9.97. The lowest BCUT2D eigenvalue weighted by Crippen LogP contribution is -1.89. The van der Waals surface area contributed by atoms with Gasteiger partial charge < -0.3 is 0 Å². The highest BCUT2D eigenvalue weighted by molar-refractivity contribution is 5.52. The second-order valence-electron chi connectivity index (χ2n) is 4.97. The fourth-order valence-corrected chi connectivity index (χ4v) is 2.00. The third-order valence-corrected chi connectivity index (χ3v) is 3.06. The highest BCUT2D eigenvalue weighted by atomic mass is 14.1. The molecular formula is C20H24. The van der Waals surface area contributed by atoms with Crippen molar-refractivity contribution < 1.29 is 0 Å². The Morgan fingerprint density at radius 1 is 0.900 bits per heavy atom.